The summed E-state index contributed by atoms with van der Waals surface area (Å²) in [7, 11) is 0. The van der Waals surface area contributed by atoms with Gasteiger partial charge in [0.05, 0.1) is 12.2 Å². The highest BCUT2D eigenvalue weighted by atomic mass is 35.5. The number of urea groups is 1. The fourth-order valence-corrected chi connectivity index (χ4v) is 4.43. The van der Waals surface area contributed by atoms with Crippen LogP contribution < -0.4 is 15.0 Å². The Morgan fingerprint density at radius 1 is 1.16 bits per heavy atom. The molecule has 164 valence electrons. The summed E-state index contributed by atoms with van der Waals surface area (Å²) in [5.74, 6) is 0.697. The van der Waals surface area contributed by atoms with Crippen molar-refractivity contribution in [3.8, 4) is 5.75 Å². The number of anilines is 1. The van der Waals surface area contributed by atoms with Gasteiger partial charge in [0.15, 0.2) is 0 Å². The molecule has 7 heteroatoms. The molecule has 1 unspecified atom stereocenters. The van der Waals surface area contributed by atoms with Crippen molar-refractivity contribution in [1.82, 2.24) is 10.2 Å². The first-order valence-corrected chi connectivity index (χ1v) is 11.1. The normalized spacial score (nSPS) is 18.9. The Hall–Kier alpha value is -2.73. The second-order valence-corrected chi connectivity index (χ2v) is 8.84. The van der Waals surface area contributed by atoms with Gasteiger partial charge in [0.2, 0.25) is 5.91 Å². The molecule has 0 aliphatic carbocycles. The zero-order valence-corrected chi connectivity index (χ0v) is 18.7. The van der Waals surface area contributed by atoms with Crippen LogP contribution >= 0.6 is 11.6 Å². The number of nitrogens with one attached hydrogen (secondary N) is 1. The lowest BCUT2D eigenvalue weighted by Crippen LogP contribution is -2.52. The van der Waals surface area contributed by atoms with Crippen molar-refractivity contribution in [2.24, 2.45) is 5.92 Å². The lowest BCUT2D eigenvalue weighted by Gasteiger charge is -2.39. The van der Waals surface area contributed by atoms with Crippen molar-refractivity contribution < 1.29 is 14.3 Å². The number of rotatable bonds is 3. The van der Waals surface area contributed by atoms with Gasteiger partial charge in [-0.05, 0) is 62.1 Å². The smallest absolute Gasteiger partial charge is 0.324 e. The zero-order chi connectivity index (χ0) is 22.0. The molecule has 2 aliphatic rings. The van der Waals surface area contributed by atoms with E-state index in [4.69, 9.17) is 16.3 Å². The van der Waals surface area contributed by atoms with E-state index in [-0.39, 0.29) is 24.0 Å². The van der Waals surface area contributed by atoms with E-state index in [9.17, 15) is 9.59 Å². The number of hydrogen-bond acceptors (Lipinski definition) is 3. The molecular weight excluding hydrogens is 414 g/mol. The third-order valence-electron chi connectivity index (χ3n) is 5.90. The van der Waals surface area contributed by atoms with Crippen LogP contribution in [0.4, 0.5) is 10.5 Å². The highest BCUT2D eigenvalue weighted by Gasteiger charge is 2.33. The monoisotopic (exact) mass is 441 g/mol. The Labute approximate surface area is 188 Å². The van der Waals surface area contributed by atoms with Gasteiger partial charge in [0.25, 0.3) is 0 Å². The molecule has 4 rings (SSSR count). The number of likely N-dealkylation sites (tertiary alicyclic amines) is 1. The van der Waals surface area contributed by atoms with Crippen molar-refractivity contribution in [3.63, 3.8) is 0 Å². The van der Waals surface area contributed by atoms with Crippen LogP contribution in [0.2, 0.25) is 5.02 Å². The summed E-state index contributed by atoms with van der Waals surface area (Å²) in [6.07, 6.45) is 1.26. The quantitative estimate of drug-likeness (QED) is 0.768. The maximum absolute atomic E-state index is 13.3. The second kappa shape index (κ2) is 9.18. The third kappa shape index (κ3) is 4.96. The first-order chi connectivity index (χ1) is 14.9. The summed E-state index contributed by atoms with van der Waals surface area (Å²) in [5, 5.41) is 3.66. The first kappa shape index (κ1) is 21.5. The van der Waals surface area contributed by atoms with Gasteiger partial charge in [0, 0.05) is 30.6 Å². The molecule has 31 heavy (non-hydrogen) atoms. The van der Waals surface area contributed by atoms with Gasteiger partial charge in [-0.3, -0.25) is 9.69 Å². The molecule has 1 N–H and O–H groups in total. The number of carbonyl (C=O) groups excluding carboxylic acids is 2. The molecule has 1 saturated heterocycles. The molecule has 2 aromatic rings. The maximum atomic E-state index is 13.3. The van der Waals surface area contributed by atoms with E-state index in [1.165, 1.54) is 0 Å². The number of carbonyl (C=O) groups is 2. The summed E-state index contributed by atoms with van der Waals surface area (Å²) in [4.78, 5) is 29.5. The molecule has 1 fully saturated rings. The number of ether oxygens (including phenoxy) is 1. The van der Waals surface area contributed by atoms with Crippen LogP contribution in [-0.4, -0.2) is 42.6 Å². The van der Waals surface area contributed by atoms with Crippen LogP contribution in [0.1, 0.15) is 30.9 Å². The van der Waals surface area contributed by atoms with E-state index in [0.717, 1.165) is 22.6 Å². The van der Waals surface area contributed by atoms with Crippen LogP contribution in [0.5, 0.6) is 5.75 Å². The minimum absolute atomic E-state index is 0.0141. The van der Waals surface area contributed by atoms with Gasteiger partial charge < -0.3 is 15.0 Å². The van der Waals surface area contributed by atoms with Crippen molar-refractivity contribution in [2.45, 2.75) is 39.3 Å². The molecular formula is C24H28ClN3O3. The summed E-state index contributed by atoms with van der Waals surface area (Å²) >= 11 is 6.01. The molecule has 6 nitrogen and oxygen atoms in total. The third-order valence-corrected chi connectivity index (χ3v) is 6.13. The number of amides is 3. The highest BCUT2D eigenvalue weighted by Crippen LogP contribution is 2.35. The topological polar surface area (TPSA) is 61.9 Å². The maximum Gasteiger partial charge on any atom is 0.324 e. The van der Waals surface area contributed by atoms with Crippen molar-refractivity contribution in [2.75, 3.05) is 24.5 Å². The Morgan fingerprint density at radius 3 is 2.68 bits per heavy atom. The van der Waals surface area contributed by atoms with Gasteiger partial charge in [-0.2, -0.15) is 0 Å². The van der Waals surface area contributed by atoms with Gasteiger partial charge in [-0.25, -0.2) is 4.79 Å². The molecule has 1 atom stereocenters. The fourth-order valence-electron chi connectivity index (χ4n) is 4.21. The SMILES string of the molecule is Cc1ccc2c(c1)N(C(=O)N1CCC(C(=O)NCc3cccc(Cl)c3)CC1)CC(C)O2. The number of halogens is 1. The fraction of sp³-hybridized carbons (Fsp3) is 0.417. The van der Waals surface area contributed by atoms with Crippen LogP contribution in [0.3, 0.4) is 0 Å². The Balaban J connectivity index is 1.34. The molecule has 0 aromatic heterocycles. The Bertz CT molecular complexity index is 972. The van der Waals surface area contributed by atoms with Crippen LogP contribution in [0, 0.1) is 12.8 Å². The predicted octanol–water partition coefficient (Wildman–Crippen LogP) is 4.38. The Kier molecular flexibility index (Phi) is 6.37. The summed E-state index contributed by atoms with van der Waals surface area (Å²) < 4.78 is 5.90. The molecule has 2 aromatic carbocycles. The summed E-state index contributed by atoms with van der Waals surface area (Å²) in [5.41, 5.74) is 2.89. The van der Waals surface area contributed by atoms with Gasteiger partial charge >= 0.3 is 6.03 Å². The molecule has 2 heterocycles. The highest BCUT2D eigenvalue weighted by molar-refractivity contribution is 6.30. The van der Waals surface area contributed by atoms with Gasteiger partial charge in [0.1, 0.15) is 11.9 Å². The van der Waals surface area contributed by atoms with E-state index < -0.39 is 0 Å². The minimum atomic E-state index is -0.0821. The standard InChI is InChI=1S/C24H28ClN3O3/c1-16-6-7-22-21(12-16)28(15-17(2)31-22)24(30)27-10-8-19(9-11-27)23(29)26-14-18-4-3-5-20(25)13-18/h3-7,12-13,17,19H,8-11,14-15H2,1-2H3,(H,26,29). The van der Waals surface area contributed by atoms with Crippen LogP contribution in [0.25, 0.3) is 0 Å². The van der Waals surface area contributed by atoms with E-state index >= 15 is 0 Å². The molecule has 3 amide bonds. The molecule has 0 saturated carbocycles. The number of fused-ring (bicyclic) bond motifs is 1. The van der Waals surface area contributed by atoms with Crippen LogP contribution in [0.15, 0.2) is 42.5 Å². The van der Waals surface area contributed by atoms with Crippen LogP contribution in [-0.2, 0) is 11.3 Å². The van der Waals surface area contributed by atoms with Crippen molar-refractivity contribution in [3.05, 3.63) is 58.6 Å². The predicted molar refractivity (Wildman–Crippen MR) is 122 cm³/mol. The molecule has 0 radical (unpaired) electrons. The molecule has 0 bridgehead atoms. The number of aryl methyl sites for hydroxylation is 1. The Morgan fingerprint density at radius 2 is 1.94 bits per heavy atom. The summed E-state index contributed by atoms with van der Waals surface area (Å²) in [6.45, 7) is 6.10. The second-order valence-electron chi connectivity index (χ2n) is 8.40. The largest absolute Gasteiger partial charge is 0.487 e. The van der Waals surface area contributed by atoms with E-state index in [2.05, 4.69) is 5.32 Å². The number of piperidine rings is 1. The van der Waals surface area contributed by atoms with E-state index in [1.54, 1.807) is 0 Å². The lowest BCUT2D eigenvalue weighted by atomic mass is 9.96. The minimum Gasteiger partial charge on any atom is -0.487 e. The average molecular weight is 442 g/mol. The number of nitrogens with zero attached hydrogens (tertiary/aromatic N) is 2. The van der Waals surface area contributed by atoms with Crippen molar-refractivity contribution >= 4 is 29.2 Å². The number of benzene rings is 2. The first-order valence-electron chi connectivity index (χ1n) is 10.8. The molecule has 2 aliphatic heterocycles. The average Bonchev–Trinajstić information content (AvgIpc) is 2.77. The van der Waals surface area contributed by atoms with E-state index in [1.807, 2.05) is 66.1 Å². The van der Waals surface area contributed by atoms with Gasteiger partial charge in [-0.15, -0.1) is 0 Å². The zero-order valence-electron chi connectivity index (χ0n) is 17.9. The molecule has 0 spiro atoms. The lowest BCUT2D eigenvalue weighted by molar-refractivity contribution is -0.126. The van der Waals surface area contributed by atoms with Gasteiger partial charge in [-0.1, -0.05) is 29.8 Å². The van der Waals surface area contributed by atoms with E-state index in [0.29, 0.717) is 44.0 Å². The van der Waals surface area contributed by atoms with Crippen molar-refractivity contribution in [1.29, 1.82) is 0 Å². The number of hydrogen-bond donors (Lipinski definition) is 1. The summed E-state index contributed by atoms with van der Waals surface area (Å²) in [6, 6.07) is 13.4.